The molecule has 0 bridgehead atoms. The molecule has 1 fully saturated rings. The molecule has 3 N–H and O–H groups in total. The van der Waals surface area contributed by atoms with Gasteiger partial charge in [0, 0.05) is 16.8 Å². The number of fused-ring (bicyclic) bond motifs is 2. The van der Waals surface area contributed by atoms with Crippen molar-refractivity contribution in [2.24, 2.45) is 0 Å². The molecule has 2 aliphatic rings. The first kappa shape index (κ1) is 19.9. The van der Waals surface area contributed by atoms with Crippen LogP contribution in [0.1, 0.15) is 15.9 Å². The molecule has 2 aliphatic heterocycles. The second-order valence-corrected chi connectivity index (χ2v) is 6.49. The van der Waals surface area contributed by atoms with E-state index in [1.165, 1.54) is 12.1 Å². The summed E-state index contributed by atoms with van der Waals surface area (Å²) < 4.78 is 49.0. The van der Waals surface area contributed by atoms with Crippen LogP contribution in [0.5, 0.6) is 0 Å². The standard InChI is InChI=1S/C19H14F3N3O5/c20-19(21,22)17(28)23-11-8-12-14(25-16(27)18(12)29-6-7-30-18)13(9-11)24-15(26)10-4-2-1-3-5-10/h1-5,8-9H,6-7H2,(H,23,28)(H,24,26)(H,25,27). The molecule has 1 saturated heterocycles. The second kappa shape index (κ2) is 7.11. The third-order valence-electron chi connectivity index (χ3n) is 4.52. The van der Waals surface area contributed by atoms with Crippen LogP contribution in [0.2, 0.25) is 0 Å². The van der Waals surface area contributed by atoms with E-state index in [0.29, 0.717) is 0 Å². The average Bonchev–Trinajstić information content (AvgIpc) is 3.30. The van der Waals surface area contributed by atoms with Crippen molar-refractivity contribution in [3.63, 3.8) is 0 Å². The molecule has 0 unspecified atom stereocenters. The van der Waals surface area contributed by atoms with Crippen molar-refractivity contribution in [2.45, 2.75) is 12.0 Å². The van der Waals surface area contributed by atoms with Gasteiger partial charge < -0.3 is 25.4 Å². The van der Waals surface area contributed by atoms with Gasteiger partial charge in [0.25, 0.3) is 17.6 Å². The number of carbonyl (C=O) groups excluding carboxylic acids is 3. The zero-order valence-electron chi connectivity index (χ0n) is 15.1. The van der Waals surface area contributed by atoms with Gasteiger partial charge in [0.2, 0.25) is 0 Å². The summed E-state index contributed by atoms with van der Waals surface area (Å²) in [5, 5.41) is 6.79. The minimum atomic E-state index is -5.13. The third-order valence-corrected chi connectivity index (χ3v) is 4.52. The number of hydrogen-bond acceptors (Lipinski definition) is 5. The maximum atomic E-state index is 12.7. The van der Waals surface area contributed by atoms with E-state index in [1.54, 1.807) is 23.5 Å². The minimum Gasteiger partial charge on any atom is -0.336 e. The van der Waals surface area contributed by atoms with Gasteiger partial charge in [0.1, 0.15) is 0 Å². The van der Waals surface area contributed by atoms with E-state index in [1.807, 2.05) is 0 Å². The van der Waals surface area contributed by atoms with Crippen LogP contribution in [0.25, 0.3) is 0 Å². The van der Waals surface area contributed by atoms with Crippen LogP contribution in [-0.2, 0) is 24.8 Å². The smallest absolute Gasteiger partial charge is 0.336 e. The van der Waals surface area contributed by atoms with Gasteiger partial charge in [-0.1, -0.05) is 18.2 Å². The highest BCUT2D eigenvalue weighted by molar-refractivity contribution is 6.13. The molecule has 2 aromatic rings. The summed E-state index contributed by atoms with van der Waals surface area (Å²) in [6, 6.07) is 10.3. The van der Waals surface area contributed by atoms with Crippen molar-refractivity contribution in [3.8, 4) is 0 Å². The molecule has 30 heavy (non-hydrogen) atoms. The number of anilines is 3. The largest absolute Gasteiger partial charge is 0.471 e. The molecule has 1 spiro atoms. The molecule has 0 atom stereocenters. The van der Waals surface area contributed by atoms with Crippen LogP contribution in [0, 0.1) is 0 Å². The highest BCUT2D eigenvalue weighted by Gasteiger charge is 2.53. The first-order chi connectivity index (χ1) is 14.2. The Balaban J connectivity index is 1.76. The fourth-order valence-electron chi connectivity index (χ4n) is 3.21. The summed E-state index contributed by atoms with van der Waals surface area (Å²) in [7, 11) is 0. The van der Waals surface area contributed by atoms with Gasteiger partial charge in [-0.15, -0.1) is 0 Å². The van der Waals surface area contributed by atoms with E-state index in [0.717, 1.165) is 12.1 Å². The quantitative estimate of drug-likeness (QED) is 0.707. The molecule has 0 aromatic heterocycles. The number of rotatable bonds is 3. The van der Waals surface area contributed by atoms with Gasteiger partial charge in [-0.3, -0.25) is 14.4 Å². The molecule has 8 nitrogen and oxygen atoms in total. The highest BCUT2D eigenvalue weighted by Crippen LogP contribution is 2.47. The summed E-state index contributed by atoms with van der Waals surface area (Å²) in [5.41, 5.74) is 0.116. The summed E-state index contributed by atoms with van der Waals surface area (Å²) >= 11 is 0. The number of benzene rings is 2. The molecular weight excluding hydrogens is 407 g/mol. The first-order valence-electron chi connectivity index (χ1n) is 8.73. The van der Waals surface area contributed by atoms with E-state index in [2.05, 4.69) is 10.6 Å². The van der Waals surface area contributed by atoms with E-state index >= 15 is 0 Å². The Morgan fingerprint density at radius 3 is 2.33 bits per heavy atom. The van der Waals surface area contributed by atoms with Gasteiger partial charge >= 0.3 is 12.1 Å². The summed E-state index contributed by atoms with van der Waals surface area (Å²) in [6.45, 7) is 0.162. The van der Waals surface area contributed by atoms with Crippen molar-refractivity contribution in [1.82, 2.24) is 0 Å². The zero-order valence-corrected chi connectivity index (χ0v) is 15.1. The SMILES string of the molecule is O=C(Nc1cc(NC(=O)C(F)(F)F)cc2c1NC(=O)C21OCCO1)c1ccccc1. The van der Waals surface area contributed by atoms with Crippen molar-refractivity contribution < 1.29 is 37.0 Å². The van der Waals surface area contributed by atoms with Crippen LogP contribution in [0.4, 0.5) is 30.2 Å². The Kier molecular flexibility index (Phi) is 4.71. The van der Waals surface area contributed by atoms with Gasteiger partial charge in [-0.05, 0) is 24.3 Å². The average molecular weight is 421 g/mol. The van der Waals surface area contributed by atoms with Crippen LogP contribution < -0.4 is 16.0 Å². The number of hydrogen-bond donors (Lipinski definition) is 3. The number of carbonyl (C=O) groups is 3. The highest BCUT2D eigenvalue weighted by atomic mass is 19.4. The Bertz CT molecular complexity index is 1030. The van der Waals surface area contributed by atoms with Crippen LogP contribution in [0.15, 0.2) is 42.5 Å². The van der Waals surface area contributed by atoms with Crippen molar-refractivity contribution in [1.29, 1.82) is 0 Å². The molecule has 0 saturated carbocycles. The zero-order chi connectivity index (χ0) is 21.5. The van der Waals surface area contributed by atoms with E-state index in [-0.39, 0.29) is 41.4 Å². The molecule has 2 aromatic carbocycles. The summed E-state index contributed by atoms with van der Waals surface area (Å²) in [6.07, 6.45) is -5.13. The fraction of sp³-hybridized carbons (Fsp3) is 0.211. The number of nitrogens with one attached hydrogen (secondary N) is 3. The predicted molar refractivity (Wildman–Crippen MR) is 97.7 cm³/mol. The maximum Gasteiger partial charge on any atom is 0.471 e. The van der Waals surface area contributed by atoms with Crippen molar-refractivity contribution in [3.05, 3.63) is 53.6 Å². The van der Waals surface area contributed by atoms with Crippen LogP contribution >= 0.6 is 0 Å². The van der Waals surface area contributed by atoms with E-state index in [4.69, 9.17) is 9.47 Å². The Morgan fingerprint density at radius 2 is 1.70 bits per heavy atom. The van der Waals surface area contributed by atoms with Gasteiger partial charge in [-0.2, -0.15) is 13.2 Å². The molecule has 2 heterocycles. The minimum absolute atomic E-state index is 0.0249. The summed E-state index contributed by atoms with van der Waals surface area (Å²) in [5.74, 6) is -5.33. The summed E-state index contributed by atoms with van der Waals surface area (Å²) in [4.78, 5) is 36.5. The van der Waals surface area contributed by atoms with Gasteiger partial charge in [0.15, 0.2) is 0 Å². The van der Waals surface area contributed by atoms with Crippen molar-refractivity contribution >= 4 is 34.8 Å². The lowest BCUT2D eigenvalue weighted by Gasteiger charge is -2.20. The lowest BCUT2D eigenvalue weighted by atomic mass is 10.0. The Hall–Kier alpha value is -3.44. The number of amides is 3. The molecular formula is C19H14F3N3O5. The van der Waals surface area contributed by atoms with Gasteiger partial charge in [-0.25, -0.2) is 0 Å². The molecule has 0 radical (unpaired) electrons. The van der Waals surface area contributed by atoms with Crippen LogP contribution in [0.3, 0.4) is 0 Å². The lowest BCUT2D eigenvalue weighted by molar-refractivity contribution is -0.178. The second-order valence-electron chi connectivity index (χ2n) is 6.49. The fourth-order valence-corrected chi connectivity index (χ4v) is 3.21. The first-order valence-corrected chi connectivity index (χ1v) is 8.73. The predicted octanol–water partition coefficient (Wildman–Crippen LogP) is 2.59. The number of alkyl halides is 3. The van der Waals surface area contributed by atoms with E-state index < -0.39 is 29.7 Å². The molecule has 156 valence electrons. The molecule has 0 aliphatic carbocycles. The number of ether oxygens (including phenoxy) is 2. The maximum absolute atomic E-state index is 12.7. The molecule has 11 heteroatoms. The molecule has 3 amide bonds. The topological polar surface area (TPSA) is 106 Å². The lowest BCUT2D eigenvalue weighted by Crippen LogP contribution is -2.35. The van der Waals surface area contributed by atoms with Crippen LogP contribution in [-0.4, -0.2) is 37.1 Å². The van der Waals surface area contributed by atoms with Crippen molar-refractivity contribution in [2.75, 3.05) is 29.2 Å². The normalized spacial score (nSPS) is 16.8. The number of halogens is 3. The monoisotopic (exact) mass is 421 g/mol. The van der Waals surface area contributed by atoms with Gasteiger partial charge in [0.05, 0.1) is 24.6 Å². The van der Waals surface area contributed by atoms with E-state index in [9.17, 15) is 27.6 Å². The Morgan fingerprint density at radius 1 is 1.03 bits per heavy atom. The molecule has 4 rings (SSSR count). The third kappa shape index (κ3) is 3.37. The Labute approximate surface area is 167 Å².